The summed E-state index contributed by atoms with van der Waals surface area (Å²) in [6.07, 6.45) is 8.05. The molecule has 0 aliphatic carbocycles. The average Bonchev–Trinajstić information content (AvgIpc) is 3.02. The summed E-state index contributed by atoms with van der Waals surface area (Å²) in [7, 11) is 1.71. The van der Waals surface area contributed by atoms with Crippen LogP contribution in [-0.2, 0) is 11.3 Å². The summed E-state index contributed by atoms with van der Waals surface area (Å²) in [5.41, 5.74) is 0. The highest BCUT2D eigenvalue weighted by Crippen LogP contribution is 2.09. The summed E-state index contributed by atoms with van der Waals surface area (Å²) >= 11 is 0. The highest BCUT2D eigenvalue weighted by atomic mass is 127. The minimum atomic E-state index is -0.0936. The Morgan fingerprint density at radius 2 is 1.96 bits per heavy atom. The van der Waals surface area contributed by atoms with Crippen LogP contribution < -0.4 is 16.0 Å². The highest BCUT2D eigenvalue weighted by Gasteiger charge is 2.08. The zero-order chi connectivity index (χ0) is 17.7. The first-order valence-electron chi connectivity index (χ1n) is 9.24. The second kappa shape index (κ2) is 13.9. The molecule has 1 aromatic rings. The molecule has 0 spiro atoms. The van der Waals surface area contributed by atoms with Gasteiger partial charge in [-0.2, -0.15) is 0 Å². The molecule has 8 heteroatoms. The normalized spacial score (nSPS) is 15.7. The highest BCUT2D eigenvalue weighted by molar-refractivity contribution is 14.0. The van der Waals surface area contributed by atoms with Crippen LogP contribution in [0.2, 0.25) is 0 Å². The molecule has 0 atom stereocenters. The van der Waals surface area contributed by atoms with E-state index in [0.717, 1.165) is 25.3 Å². The second-order valence-corrected chi connectivity index (χ2v) is 6.32. The van der Waals surface area contributed by atoms with Crippen LogP contribution in [0.4, 0.5) is 0 Å². The summed E-state index contributed by atoms with van der Waals surface area (Å²) in [5.74, 6) is 1.30. The number of amides is 1. The number of carbonyl (C=O) groups is 1. The molecule has 0 radical (unpaired) electrons. The molecule has 0 bridgehead atoms. The van der Waals surface area contributed by atoms with E-state index in [2.05, 4.69) is 25.8 Å². The van der Waals surface area contributed by atoms with Crippen molar-refractivity contribution in [2.75, 3.05) is 39.8 Å². The number of halogens is 1. The second-order valence-electron chi connectivity index (χ2n) is 6.32. The van der Waals surface area contributed by atoms with Crippen molar-refractivity contribution in [3.8, 4) is 0 Å². The third-order valence-corrected chi connectivity index (χ3v) is 4.32. The molecule has 1 aromatic heterocycles. The molecule has 3 N–H and O–H groups in total. The Hall–Kier alpha value is -1.29. The number of guanidine groups is 1. The fourth-order valence-corrected chi connectivity index (χ4v) is 2.92. The molecule has 1 amide bonds. The first kappa shape index (κ1) is 22.8. The number of hydrogen-bond donors (Lipinski definition) is 3. The van der Waals surface area contributed by atoms with Crippen LogP contribution in [0.25, 0.3) is 0 Å². The molecule has 2 heterocycles. The van der Waals surface area contributed by atoms with Gasteiger partial charge < -0.3 is 25.3 Å². The summed E-state index contributed by atoms with van der Waals surface area (Å²) in [5, 5.41) is 9.09. The fourth-order valence-electron chi connectivity index (χ4n) is 2.92. The predicted molar refractivity (Wildman–Crippen MR) is 115 cm³/mol. The SMILES string of the molecule is CN=C(NCCCN1CCCCCC1)NCC(=O)NCc1ccco1.I. The Morgan fingerprint density at radius 1 is 1.19 bits per heavy atom. The molecule has 148 valence electrons. The van der Waals surface area contributed by atoms with Crippen molar-refractivity contribution < 1.29 is 9.21 Å². The molecule has 2 rings (SSSR count). The molecule has 26 heavy (non-hydrogen) atoms. The van der Waals surface area contributed by atoms with Gasteiger partial charge >= 0.3 is 0 Å². The van der Waals surface area contributed by atoms with Crippen molar-refractivity contribution in [3.63, 3.8) is 0 Å². The Morgan fingerprint density at radius 3 is 2.62 bits per heavy atom. The Kier molecular flexibility index (Phi) is 12.1. The molecule has 1 aliphatic heterocycles. The van der Waals surface area contributed by atoms with E-state index in [1.54, 1.807) is 19.4 Å². The van der Waals surface area contributed by atoms with Crippen molar-refractivity contribution in [2.45, 2.75) is 38.6 Å². The van der Waals surface area contributed by atoms with Crippen LogP contribution in [-0.4, -0.2) is 56.5 Å². The Balaban J connectivity index is 0.00000338. The average molecular weight is 477 g/mol. The third kappa shape index (κ3) is 9.42. The van der Waals surface area contributed by atoms with Gasteiger partial charge in [0.2, 0.25) is 5.91 Å². The molecule has 7 nitrogen and oxygen atoms in total. The van der Waals surface area contributed by atoms with Crippen LogP contribution in [0.1, 0.15) is 37.9 Å². The molecular weight excluding hydrogens is 445 g/mol. The van der Waals surface area contributed by atoms with E-state index in [1.165, 1.54) is 38.8 Å². The number of hydrogen-bond acceptors (Lipinski definition) is 4. The minimum Gasteiger partial charge on any atom is -0.467 e. The lowest BCUT2D eigenvalue weighted by Gasteiger charge is -2.20. The number of nitrogens with one attached hydrogen (secondary N) is 3. The van der Waals surface area contributed by atoms with E-state index in [4.69, 9.17) is 4.42 Å². The first-order valence-corrected chi connectivity index (χ1v) is 9.24. The van der Waals surface area contributed by atoms with Gasteiger partial charge in [0.25, 0.3) is 0 Å². The summed E-state index contributed by atoms with van der Waals surface area (Å²) in [6.45, 7) is 5.01. The van der Waals surface area contributed by atoms with Crippen LogP contribution >= 0.6 is 24.0 Å². The number of carbonyl (C=O) groups excluding carboxylic acids is 1. The van der Waals surface area contributed by atoms with Gasteiger partial charge in [-0.1, -0.05) is 12.8 Å². The van der Waals surface area contributed by atoms with Crippen molar-refractivity contribution in [2.24, 2.45) is 4.99 Å². The monoisotopic (exact) mass is 477 g/mol. The van der Waals surface area contributed by atoms with Gasteiger partial charge in [0.1, 0.15) is 5.76 Å². The topological polar surface area (TPSA) is 81.9 Å². The van der Waals surface area contributed by atoms with Crippen molar-refractivity contribution in [1.82, 2.24) is 20.9 Å². The Labute approximate surface area is 173 Å². The molecule has 0 saturated carbocycles. The van der Waals surface area contributed by atoms with E-state index in [9.17, 15) is 4.79 Å². The van der Waals surface area contributed by atoms with Gasteiger partial charge in [0, 0.05) is 13.6 Å². The Bertz CT molecular complexity index is 514. The van der Waals surface area contributed by atoms with Crippen LogP contribution in [0.15, 0.2) is 27.8 Å². The van der Waals surface area contributed by atoms with E-state index in [-0.39, 0.29) is 36.4 Å². The summed E-state index contributed by atoms with van der Waals surface area (Å²) < 4.78 is 5.18. The number of rotatable bonds is 8. The maximum Gasteiger partial charge on any atom is 0.239 e. The van der Waals surface area contributed by atoms with E-state index in [0.29, 0.717) is 12.5 Å². The minimum absolute atomic E-state index is 0. The first-order chi connectivity index (χ1) is 12.3. The van der Waals surface area contributed by atoms with Crippen molar-refractivity contribution >= 4 is 35.8 Å². The molecule has 1 saturated heterocycles. The predicted octanol–water partition coefficient (Wildman–Crippen LogP) is 1.94. The molecule has 0 unspecified atom stereocenters. The van der Waals surface area contributed by atoms with Gasteiger partial charge in [-0.15, -0.1) is 24.0 Å². The maximum absolute atomic E-state index is 11.8. The van der Waals surface area contributed by atoms with Gasteiger partial charge in [-0.25, -0.2) is 0 Å². The quantitative estimate of drug-likeness (QED) is 0.231. The van der Waals surface area contributed by atoms with Crippen molar-refractivity contribution in [3.05, 3.63) is 24.2 Å². The maximum atomic E-state index is 11.8. The summed E-state index contributed by atoms with van der Waals surface area (Å²) in [4.78, 5) is 18.5. The van der Waals surface area contributed by atoms with Crippen molar-refractivity contribution in [1.29, 1.82) is 0 Å². The summed E-state index contributed by atoms with van der Waals surface area (Å²) in [6, 6.07) is 3.63. The third-order valence-electron chi connectivity index (χ3n) is 4.32. The smallest absolute Gasteiger partial charge is 0.239 e. The lowest BCUT2D eigenvalue weighted by Crippen LogP contribution is -2.43. The molecule has 1 fully saturated rings. The fraction of sp³-hybridized carbons (Fsp3) is 0.667. The van der Waals surface area contributed by atoms with Gasteiger partial charge in [-0.3, -0.25) is 9.79 Å². The van der Waals surface area contributed by atoms with Crippen LogP contribution in [0, 0.1) is 0 Å². The van der Waals surface area contributed by atoms with E-state index < -0.39 is 0 Å². The van der Waals surface area contributed by atoms with E-state index in [1.807, 2.05) is 6.07 Å². The molecule has 1 aliphatic rings. The standard InChI is InChI=1S/C18H31N5O2.HI/c1-19-18(20-9-7-12-23-10-4-2-3-5-11-23)22-15-17(24)21-14-16-8-6-13-25-16;/h6,8,13H,2-5,7,9-12,14-15H2,1H3,(H,21,24)(H2,19,20,22);1H. The number of aliphatic imine (C=N–C) groups is 1. The largest absolute Gasteiger partial charge is 0.467 e. The van der Waals surface area contributed by atoms with Crippen LogP contribution in [0.5, 0.6) is 0 Å². The number of furan rings is 1. The lowest BCUT2D eigenvalue weighted by molar-refractivity contribution is -0.120. The van der Waals surface area contributed by atoms with Gasteiger partial charge in [0.05, 0.1) is 19.4 Å². The van der Waals surface area contributed by atoms with E-state index >= 15 is 0 Å². The van der Waals surface area contributed by atoms with Gasteiger partial charge in [-0.05, 0) is 51.0 Å². The number of nitrogens with zero attached hydrogens (tertiary/aromatic N) is 2. The van der Waals surface area contributed by atoms with Gasteiger partial charge in [0.15, 0.2) is 5.96 Å². The zero-order valence-corrected chi connectivity index (χ0v) is 18.0. The number of likely N-dealkylation sites (tertiary alicyclic amines) is 1. The lowest BCUT2D eigenvalue weighted by atomic mass is 10.2. The molecule has 0 aromatic carbocycles. The van der Waals surface area contributed by atoms with Crippen LogP contribution in [0.3, 0.4) is 0 Å². The zero-order valence-electron chi connectivity index (χ0n) is 15.6. The molecular formula is C18H32IN5O2.